The van der Waals surface area contributed by atoms with Crippen LogP contribution in [0.15, 0.2) is 53.4 Å². The van der Waals surface area contributed by atoms with Crippen LogP contribution in [0.5, 0.6) is 0 Å². The van der Waals surface area contributed by atoms with Crippen molar-refractivity contribution < 1.29 is 8.42 Å². The van der Waals surface area contributed by atoms with Gasteiger partial charge in [0.15, 0.2) is 5.82 Å². The summed E-state index contributed by atoms with van der Waals surface area (Å²) in [6, 6.07) is 14.9. The van der Waals surface area contributed by atoms with E-state index in [0.717, 1.165) is 23.4 Å². The number of anilines is 1. The number of sulfonamides is 1. The number of primary sulfonamides is 1. The van der Waals surface area contributed by atoms with Gasteiger partial charge in [0.05, 0.1) is 17.1 Å². The lowest BCUT2D eigenvalue weighted by atomic mass is 10.1. The predicted octanol–water partition coefficient (Wildman–Crippen LogP) is 1.26. The maximum atomic E-state index is 11.6. The second-order valence-electron chi connectivity index (χ2n) is 6.36. The van der Waals surface area contributed by atoms with Crippen LogP contribution in [0.1, 0.15) is 18.3 Å². The van der Waals surface area contributed by atoms with Gasteiger partial charge in [0.2, 0.25) is 10.0 Å². The summed E-state index contributed by atoms with van der Waals surface area (Å²) in [6.07, 6.45) is 0.742. The van der Waals surface area contributed by atoms with Crippen LogP contribution in [0.3, 0.4) is 0 Å². The molecule has 2 aromatic carbocycles. The Morgan fingerprint density at radius 2 is 1.96 bits per heavy atom. The van der Waals surface area contributed by atoms with Gasteiger partial charge in [-0.05, 0) is 59.7 Å². The second-order valence-corrected chi connectivity index (χ2v) is 7.92. The average molecular weight is 370 g/mol. The average Bonchev–Trinajstić information content (AvgIpc) is 3.19. The van der Waals surface area contributed by atoms with E-state index in [0.29, 0.717) is 12.4 Å². The van der Waals surface area contributed by atoms with Crippen molar-refractivity contribution in [2.75, 3.05) is 4.90 Å². The zero-order chi connectivity index (χ0) is 18.3. The van der Waals surface area contributed by atoms with Gasteiger partial charge in [0, 0.05) is 11.7 Å². The maximum absolute atomic E-state index is 11.6. The van der Waals surface area contributed by atoms with Gasteiger partial charge >= 0.3 is 0 Å². The first-order chi connectivity index (χ1) is 12.4. The molecule has 4 rings (SSSR count). The number of benzene rings is 2. The topological polar surface area (TPSA) is 107 Å². The Morgan fingerprint density at radius 1 is 1.19 bits per heavy atom. The third-order valence-electron chi connectivity index (χ3n) is 4.58. The van der Waals surface area contributed by atoms with E-state index in [1.165, 1.54) is 0 Å². The van der Waals surface area contributed by atoms with Crippen molar-refractivity contribution in [2.45, 2.75) is 30.8 Å². The van der Waals surface area contributed by atoms with Crippen molar-refractivity contribution >= 4 is 15.7 Å². The standard InChI is InChI=1S/C17H18N6O2S/c1-12-9-13-10-15(26(18,24)25)7-8-16(13)22(12)11-17-19-20-21-23(17)14-5-3-2-4-6-14/h2-8,10,12H,9,11H2,1H3,(H2,18,24,25). The Bertz CT molecular complexity index is 1050. The molecule has 2 heterocycles. The Hall–Kier alpha value is -2.78. The van der Waals surface area contributed by atoms with Gasteiger partial charge in [0.1, 0.15) is 0 Å². The molecule has 26 heavy (non-hydrogen) atoms. The summed E-state index contributed by atoms with van der Waals surface area (Å²) >= 11 is 0. The largest absolute Gasteiger partial charge is 0.361 e. The normalized spacial score (nSPS) is 16.7. The highest BCUT2D eigenvalue weighted by molar-refractivity contribution is 7.89. The van der Waals surface area contributed by atoms with E-state index in [4.69, 9.17) is 5.14 Å². The number of nitrogens with zero attached hydrogens (tertiary/aromatic N) is 5. The number of nitrogens with two attached hydrogens (primary N) is 1. The zero-order valence-electron chi connectivity index (χ0n) is 14.1. The van der Waals surface area contributed by atoms with Crippen molar-refractivity contribution in [3.05, 3.63) is 59.9 Å². The first-order valence-electron chi connectivity index (χ1n) is 8.18. The van der Waals surface area contributed by atoms with E-state index < -0.39 is 10.0 Å². The minimum Gasteiger partial charge on any atom is -0.361 e. The molecule has 1 atom stereocenters. The van der Waals surface area contributed by atoms with Gasteiger partial charge in [0.25, 0.3) is 0 Å². The summed E-state index contributed by atoms with van der Waals surface area (Å²) in [5.41, 5.74) is 2.83. The van der Waals surface area contributed by atoms with E-state index >= 15 is 0 Å². The van der Waals surface area contributed by atoms with Gasteiger partial charge in [-0.2, -0.15) is 4.68 Å². The van der Waals surface area contributed by atoms with Crippen LogP contribution in [-0.2, 0) is 23.0 Å². The van der Waals surface area contributed by atoms with Crippen molar-refractivity contribution in [2.24, 2.45) is 5.14 Å². The number of para-hydroxylation sites is 1. The number of rotatable bonds is 4. The minimum atomic E-state index is -3.71. The molecule has 3 aromatic rings. The van der Waals surface area contributed by atoms with E-state index in [1.54, 1.807) is 22.9 Å². The molecule has 0 bridgehead atoms. The molecule has 1 aliphatic heterocycles. The molecule has 0 fully saturated rings. The maximum Gasteiger partial charge on any atom is 0.238 e. The van der Waals surface area contributed by atoms with Crippen molar-refractivity contribution in [1.82, 2.24) is 20.2 Å². The smallest absolute Gasteiger partial charge is 0.238 e. The lowest BCUT2D eigenvalue weighted by molar-refractivity contribution is 0.597. The number of hydrogen-bond acceptors (Lipinski definition) is 6. The van der Waals surface area contributed by atoms with Crippen LogP contribution in [-0.4, -0.2) is 34.7 Å². The second kappa shape index (κ2) is 6.19. The Balaban J connectivity index is 1.67. The van der Waals surface area contributed by atoms with Gasteiger partial charge in [-0.3, -0.25) is 0 Å². The molecule has 2 N–H and O–H groups in total. The molecule has 0 radical (unpaired) electrons. The third kappa shape index (κ3) is 2.95. The zero-order valence-corrected chi connectivity index (χ0v) is 15.0. The number of tetrazole rings is 1. The summed E-state index contributed by atoms with van der Waals surface area (Å²) in [5.74, 6) is 0.714. The van der Waals surface area contributed by atoms with Crippen molar-refractivity contribution in [3.8, 4) is 5.69 Å². The molecule has 9 heteroatoms. The Labute approximate surface area is 151 Å². The first-order valence-corrected chi connectivity index (χ1v) is 9.73. The minimum absolute atomic E-state index is 0.138. The SMILES string of the molecule is CC1Cc2cc(S(N)(=O)=O)ccc2N1Cc1nnnn1-c1ccccc1. The fourth-order valence-corrected chi connectivity index (χ4v) is 3.88. The monoisotopic (exact) mass is 370 g/mol. The van der Waals surface area contributed by atoms with E-state index in [1.807, 2.05) is 30.3 Å². The molecule has 0 spiro atoms. The van der Waals surface area contributed by atoms with Crippen LogP contribution >= 0.6 is 0 Å². The quantitative estimate of drug-likeness (QED) is 0.741. The lowest BCUT2D eigenvalue weighted by Gasteiger charge is -2.24. The van der Waals surface area contributed by atoms with E-state index in [9.17, 15) is 8.42 Å². The molecular weight excluding hydrogens is 352 g/mol. The van der Waals surface area contributed by atoms with Crippen LogP contribution < -0.4 is 10.0 Å². The molecule has 8 nitrogen and oxygen atoms in total. The van der Waals surface area contributed by atoms with E-state index in [-0.39, 0.29) is 10.9 Å². The molecule has 0 amide bonds. The van der Waals surface area contributed by atoms with Crippen LogP contribution in [0.4, 0.5) is 5.69 Å². The van der Waals surface area contributed by atoms with Gasteiger partial charge in [-0.15, -0.1) is 5.10 Å². The molecular formula is C17H18N6O2S. The molecule has 0 aliphatic carbocycles. The Morgan fingerprint density at radius 3 is 2.69 bits per heavy atom. The predicted molar refractivity (Wildman–Crippen MR) is 96.3 cm³/mol. The fraction of sp³-hybridized carbons (Fsp3) is 0.235. The summed E-state index contributed by atoms with van der Waals surface area (Å²) in [5, 5.41) is 17.3. The van der Waals surface area contributed by atoms with Gasteiger partial charge < -0.3 is 4.90 Å². The fourth-order valence-electron chi connectivity index (χ4n) is 3.32. The number of aromatic nitrogens is 4. The lowest BCUT2D eigenvalue weighted by Crippen LogP contribution is -2.30. The number of hydrogen-bond donors (Lipinski definition) is 1. The number of fused-ring (bicyclic) bond motifs is 1. The summed E-state index contributed by atoms with van der Waals surface area (Å²) in [6.45, 7) is 2.61. The first kappa shape index (κ1) is 16.7. The van der Waals surface area contributed by atoms with Gasteiger partial charge in [-0.1, -0.05) is 18.2 Å². The van der Waals surface area contributed by atoms with Crippen molar-refractivity contribution in [3.63, 3.8) is 0 Å². The Kier molecular flexibility index (Phi) is 3.97. The van der Waals surface area contributed by atoms with Crippen LogP contribution in [0, 0.1) is 0 Å². The highest BCUT2D eigenvalue weighted by Crippen LogP contribution is 2.34. The molecule has 0 saturated heterocycles. The third-order valence-corrected chi connectivity index (χ3v) is 5.49. The summed E-state index contributed by atoms with van der Waals surface area (Å²) < 4.78 is 24.9. The van der Waals surface area contributed by atoms with Crippen LogP contribution in [0.25, 0.3) is 5.69 Å². The highest BCUT2D eigenvalue weighted by atomic mass is 32.2. The van der Waals surface area contributed by atoms with Crippen LogP contribution in [0.2, 0.25) is 0 Å². The molecule has 1 unspecified atom stereocenters. The summed E-state index contributed by atoms with van der Waals surface area (Å²) in [7, 11) is -3.71. The summed E-state index contributed by atoms with van der Waals surface area (Å²) in [4.78, 5) is 2.31. The molecule has 1 aromatic heterocycles. The van der Waals surface area contributed by atoms with Gasteiger partial charge in [-0.25, -0.2) is 13.6 Å². The molecule has 134 valence electrons. The van der Waals surface area contributed by atoms with E-state index in [2.05, 4.69) is 27.3 Å². The van der Waals surface area contributed by atoms with Crippen molar-refractivity contribution in [1.29, 1.82) is 0 Å². The molecule has 0 saturated carbocycles. The molecule has 1 aliphatic rings. The highest BCUT2D eigenvalue weighted by Gasteiger charge is 2.28.